The Morgan fingerprint density at radius 3 is 2.42 bits per heavy atom. The summed E-state index contributed by atoms with van der Waals surface area (Å²) < 4.78 is 5.30. The average molecular weight is 250 g/mol. The van der Waals surface area contributed by atoms with Gasteiger partial charge in [0, 0.05) is 18.5 Å². The van der Waals surface area contributed by atoms with Crippen molar-refractivity contribution in [3.63, 3.8) is 0 Å². The second kappa shape index (κ2) is 4.86. The van der Waals surface area contributed by atoms with Gasteiger partial charge in [-0.25, -0.2) is 4.79 Å². The lowest BCUT2D eigenvalue weighted by Gasteiger charge is -2.04. The lowest BCUT2D eigenvalue weighted by Crippen LogP contribution is -2.08. The first-order valence-corrected chi connectivity index (χ1v) is 5.81. The molecule has 2 aromatic carbocycles. The summed E-state index contributed by atoms with van der Waals surface area (Å²) in [6.07, 6.45) is 3.23. The van der Waals surface area contributed by atoms with Gasteiger partial charge >= 0.3 is 5.97 Å². The van der Waals surface area contributed by atoms with Crippen LogP contribution in [0.3, 0.4) is 0 Å². The van der Waals surface area contributed by atoms with Gasteiger partial charge in [0.1, 0.15) is 5.75 Å². The fourth-order valence-electron chi connectivity index (χ4n) is 1.75. The Hall–Kier alpha value is -2.75. The van der Waals surface area contributed by atoms with Gasteiger partial charge in [-0.15, -0.1) is 0 Å². The zero-order chi connectivity index (χ0) is 13.1. The van der Waals surface area contributed by atoms with Crippen LogP contribution in [0.4, 0.5) is 0 Å². The molecule has 0 bridgehead atoms. The predicted molar refractivity (Wildman–Crippen MR) is 70.9 cm³/mol. The lowest BCUT2D eigenvalue weighted by atomic mass is 10.2. The Balaban J connectivity index is 1.87. The van der Waals surface area contributed by atoms with Gasteiger partial charge in [-0.1, -0.05) is 18.2 Å². The standard InChI is InChI=1S/C15H10N2O2/c18-15(11-4-2-1-3-5-11)19-12-6-7-13-14(10-12)17-9-8-16-13/h1-10H. The van der Waals surface area contributed by atoms with Gasteiger partial charge in [-0.3, -0.25) is 9.97 Å². The molecule has 0 fully saturated rings. The molecule has 4 heteroatoms. The van der Waals surface area contributed by atoms with Crippen LogP contribution in [-0.4, -0.2) is 15.9 Å². The third kappa shape index (κ3) is 2.42. The van der Waals surface area contributed by atoms with Crippen molar-refractivity contribution in [3.05, 3.63) is 66.5 Å². The number of aromatic nitrogens is 2. The molecule has 4 nitrogen and oxygen atoms in total. The van der Waals surface area contributed by atoms with Crippen molar-refractivity contribution < 1.29 is 9.53 Å². The number of hydrogen-bond acceptors (Lipinski definition) is 4. The van der Waals surface area contributed by atoms with Crippen LogP contribution < -0.4 is 4.74 Å². The molecule has 1 heterocycles. The van der Waals surface area contributed by atoms with E-state index in [0.29, 0.717) is 16.8 Å². The van der Waals surface area contributed by atoms with Crippen LogP contribution in [0.1, 0.15) is 10.4 Å². The van der Waals surface area contributed by atoms with Crippen molar-refractivity contribution in [1.29, 1.82) is 0 Å². The zero-order valence-electron chi connectivity index (χ0n) is 9.98. The van der Waals surface area contributed by atoms with E-state index >= 15 is 0 Å². The maximum Gasteiger partial charge on any atom is 0.343 e. The van der Waals surface area contributed by atoms with Gasteiger partial charge in [0.25, 0.3) is 0 Å². The van der Waals surface area contributed by atoms with Gasteiger partial charge in [0.2, 0.25) is 0 Å². The molecule has 0 aliphatic rings. The van der Waals surface area contributed by atoms with Gasteiger partial charge in [0.15, 0.2) is 0 Å². The second-order valence-corrected chi connectivity index (χ2v) is 3.96. The van der Waals surface area contributed by atoms with Gasteiger partial charge in [-0.2, -0.15) is 0 Å². The van der Waals surface area contributed by atoms with E-state index in [0.717, 1.165) is 5.52 Å². The highest BCUT2D eigenvalue weighted by Gasteiger charge is 2.08. The zero-order valence-corrected chi connectivity index (χ0v) is 9.98. The number of fused-ring (bicyclic) bond motifs is 1. The number of rotatable bonds is 2. The minimum atomic E-state index is -0.385. The second-order valence-electron chi connectivity index (χ2n) is 3.96. The average Bonchev–Trinajstić information content (AvgIpc) is 2.48. The molecule has 0 N–H and O–H groups in total. The van der Waals surface area contributed by atoms with E-state index in [9.17, 15) is 4.79 Å². The monoisotopic (exact) mass is 250 g/mol. The molecule has 1 aromatic heterocycles. The van der Waals surface area contributed by atoms with Gasteiger partial charge in [0.05, 0.1) is 16.6 Å². The summed E-state index contributed by atoms with van der Waals surface area (Å²) in [5.41, 5.74) is 1.98. The quantitative estimate of drug-likeness (QED) is 0.518. The number of ether oxygens (including phenoxy) is 1. The van der Waals surface area contributed by atoms with E-state index in [1.54, 1.807) is 54.9 Å². The van der Waals surface area contributed by atoms with Crippen LogP contribution >= 0.6 is 0 Å². The number of carbonyl (C=O) groups excluding carboxylic acids is 1. The van der Waals surface area contributed by atoms with Crippen LogP contribution in [0.5, 0.6) is 5.75 Å². The molecule has 0 spiro atoms. The number of nitrogens with zero attached hydrogens (tertiary/aromatic N) is 2. The van der Waals surface area contributed by atoms with E-state index in [2.05, 4.69) is 9.97 Å². The van der Waals surface area contributed by atoms with Crippen molar-refractivity contribution in [3.8, 4) is 5.75 Å². The lowest BCUT2D eigenvalue weighted by molar-refractivity contribution is 0.0735. The molecule has 0 unspecified atom stereocenters. The molecule has 0 saturated carbocycles. The molecule has 92 valence electrons. The first-order valence-electron chi connectivity index (χ1n) is 5.81. The van der Waals surface area contributed by atoms with Crippen molar-refractivity contribution in [2.75, 3.05) is 0 Å². The molecule has 0 atom stereocenters. The topological polar surface area (TPSA) is 52.1 Å². The molecular formula is C15H10N2O2. The van der Waals surface area contributed by atoms with E-state index < -0.39 is 0 Å². The highest BCUT2D eigenvalue weighted by molar-refractivity contribution is 5.91. The van der Waals surface area contributed by atoms with Crippen LogP contribution in [0.25, 0.3) is 11.0 Å². The van der Waals surface area contributed by atoms with Gasteiger partial charge < -0.3 is 4.74 Å². The molecule has 0 amide bonds. The molecular weight excluding hydrogens is 240 g/mol. The number of carbonyl (C=O) groups is 1. The third-order valence-corrected chi connectivity index (χ3v) is 2.66. The molecule has 0 aliphatic carbocycles. The van der Waals surface area contributed by atoms with E-state index in [1.807, 2.05) is 6.07 Å². The van der Waals surface area contributed by atoms with Crippen LogP contribution in [0.2, 0.25) is 0 Å². The first kappa shape index (κ1) is 11.3. The minimum Gasteiger partial charge on any atom is -0.423 e. The SMILES string of the molecule is O=C(Oc1ccc2nccnc2c1)c1ccccc1. The Labute approximate surface area is 109 Å². The predicted octanol–water partition coefficient (Wildman–Crippen LogP) is 2.85. The van der Waals surface area contributed by atoms with E-state index in [1.165, 1.54) is 0 Å². The number of hydrogen-bond donors (Lipinski definition) is 0. The molecule has 0 aliphatic heterocycles. The summed E-state index contributed by atoms with van der Waals surface area (Å²) in [5, 5.41) is 0. The Kier molecular flexibility index (Phi) is 2.90. The van der Waals surface area contributed by atoms with Crippen molar-refractivity contribution >= 4 is 17.0 Å². The largest absolute Gasteiger partial charge is 0.423 e. The van der Waals surface area contributed by atoms with Crippen LogP contribution in [0.15, 0.2) is 60.9 Å². The molecule has 0 radical (unpaired) electrons. The summed E-state index contributed by atoms with van der Waals surface area (Å²) in [7, 11) is 0. The summed E-state index contributed by atoms with van der Waals surface area (Å²) in [5.74, 6) is 0.0747. The summed E-state index contributed by atoms with van der Waals surface area (Å²) in [4.78, 5) is 20.2. The Morgan fingerprint density at radius 2 is 1.63 bits per heavy atom. The van der Waals surface area contributed by atoms with E-state index in [4.69, 9.17) is 4.74 Å². The third-order valence-electron chi connectivity index (χ3n) is 2.66. The van der Waals surface area contributed by atoms with Crippen LogP contribution in [-0.2, 0) is 0 Å². The van der Waals surface area contributed by atoms with E-state index in [-0.39, 0.29) is 5.97 Å². The maximum atomic E-state index is 11.9. The van der Waals surface area contributed by atoms with Gasteiger partial charge in [-0.05, 0) is 24.3 Å². The van der Waals surface area contributed by atoms with Crippen molar-refractivity contribution in [1.82, 2.24) is 9.97 Å². The Morgan fingerprint density at radius 1 is 0.895 bits per heavy atom. The smallest absolute Gasteiger partial charge is 0.343 e. The number of esters is 1. The minimum absolute atomic E-state index is 0.385. The Bertz CT molecular complexity index is 726. The van der Waals surface area contributed by atoms with Crippen molar-refractivity contribution in [2.45, 2.75) is 0 Å². The highest BCUT2D eigenvalue weighted by Crippen LogP contribution is 2.18. The molecule has 0 saturated heterocycles. The molecule has 3 aromatic rings. The fourth-order valence-corrected chi connectivity index (χ4v) is 1.75. The first-order chi connectivity index (χ1) is 9.33. The maximum absolute atomic E-state index is 11.9. The normalized spacial score (nSPS) is 10.3. The summed E-state index contributed by atoms with van der Waals surface area (Å²) in [6, 6.07) is 14.0. The molecule has 3 rings (SSSR count). The van der Waals surface area contributed by atoms with Crippen LogP contribution in [0, 0.1) is 0 Å². The summed E-state index contributed by atoms with van der Waals surface area (Å²) >= 11 is 0. The van der Waals surface area contributed by atoms with Crippen molar-refractivity contribution in [2.24, 2.45) is 0 Å². The number of benzene rings is 2. The highest BCUT2D eigenvalue weighted by atomic mass is 16.5. The summed E-state index contributed by atoms with van der Waals surface area (Å²) in [6.45, 7) is 0. The fraction of sp³-hybridized carbons (Fsp3) is 0. The molecule has 19 heavy (non-hydrogen) atoms.